The molecule has 0 saturated carbocycles. The number of aryl methyl sites for hydroxylation is 3. The predicted octanol–water partition coefficient (Wildman–Crippen LogP) is 2.04. The van der Waals surface area contributed by atoms with E-state index in [0.29, 0.717) is 0 Å². The summed E-state index contributed by atoms with van der Waals surface area (Å²) in [7, 11) is -3.71. The molecule has 0 radical (unpaired) electrons. The van der Waals surface area contributed by atoms with Crippen LogP contribution in [0.2, 0.25) is 0 Å². The molecule has 0 aliphatic heterocycles. The molecule has 0 bridgehead atoms. The summed E-state index contributed by atoms with van der Waals surface area (Å²) < 4.78 is 26.3. The van der Waals surface area contributed by atoms with E-state index in [1.165, 1.54) is 12.1 Å². The van der Waals surface area contributed by atoms with Gasteiger partial charge in [0.2, 0.25) is 10.0 Å². The standard InChI is InChI=1S/C18H21N3O3S/c1-13-9-14(2)17(15(3)10-13)11-19-21-18(22)12-20-25(23,24)16-7-5-4-6-8-16/h4-11,20H,12H2,1-3H3,(H,21,22)/b19-11-. The predicted molar refractivity (Wildman–Crippen MR) is 98.0 cm³/mol. The van der Waals surface area contributed by atoms with Crippen molar-refractivity contribution in [2.75, 3.05) is 6.54 Å². The van der Waals surface area contributed by atoms with Gasteiger partial charge in [-0.2, -0.15) is 5.10 Å². The molecule has 6 nitrogen and oxygen atoms in total. The summed E-state index contributed by atoms with van der Waals surface area (Å²) in [6.45, 7) is 5.57. The topological polar surface area (TPSA) is 87.6 Å². The molecule has 0 atom stereocenters. The molecule has 7 heteroatoms. The smallest absolute Gasteiger partial charge is 0.255 e. The minimum Gasteiger partial charge on any atom is -0.272 e. The van der Waals surface area contributed by atoms with E-state index in [9.17, 15) is 13.2 Å². The maximum Gasteiger partial charge on any atom is 0.255 e. The van der Waals surface area contributed by atoms with Gasteiger partial charge in [-0.1, -0.05) is 35.9 Å². The van der Waals surface area contributed by atoms with Gasteiger partial charge in [-0.15, -0.1) is 0 Å². The molecule has 0 saturated heterocycles. The summed E-state index contributed by atoms with van der Waals surface area (Å²) in [5, 5.41) is 3.91. The number of hydrazone groups is 1. The molecule has 132 valence electrons. The zero-order valence-electron chi connectivity index (χ0n) is 14.4. The highest BCUT2D eigenvalue weighted by molar-refractivity contribution is 7.89. The first-order valence-electron chi connectivity index (χ1n) is 7.74. The van der Waals surface area contributed by atoms with Crippen LogP contribution in [0.15, 0.2) is 52.5 Å². The van der Waals surface area contributed by atoms with Gasteiger partial charge >= 0.3 is 0 Å². The quantitative estimate of drug-likeness (QED) is 0.611. The number of carbonyl (C=O) groups is 1. The molecule has 0 fully saturated rings. The van der Waals surface area contributed by atoms with Crippen molar-refractivity contribution in [3.05, 3.63) is 64.7 Å². The highest BCUT2D eigenvalue weighted by Gasteiger charge is 2.14. The minimum atomic E-state index is -3.71. The molecular weight excluding hydrogens is 338 g/mol. The van der Waals surface area contributed by atoms with Crippen molar-refractivity contribution in [1.29, 1.82) is 0 Å². The van der Waals surface area contributed by atoms with Gasteiger partial charge in [0.15, 0.2) is 0 Å². The highest BCUT2D eigenvalue weighted by Crippen LogP contribution is 2.14. The summed E-state index contributed by atoms with van der Waals surface area (Å²) in [5.74, 6) is -0.543. The van der Waals surface area contributed by atoms with Crippen molar-refractivity contribution in [1.82, 2.24) is 10.1 Å². The Balaban J connectivity index is 1.93. The lowest BCUT2D eigenvalue weighted by Crippen LogP contribution is -2.34. The maximum absolute atomic E-state index is 12.0. The summed E-state index contributed by atoms with van der Waals surface area (Å²) in [6, 6.07) is 11.9. The number of nitrogens with one attached hydrogen (secondary N) is 2. The van der Waals surface area contributed by atoms with E-state index in [1.807, 2.05) is 32.9 Å². The average Bonchev–Trinajstić information content (AvgIpc) is 2.56. The molecule has 0 aromatic heterocycles. The van der Waals surface area contributed by atoms with Gasteiger partial charge < -0.3 is 0 Å². The Morgan fingerprint density at radius 3 is 2.28 bits per heavy atom. The van der Waals surface area contributed by atoms with Crippen molar-refractivity contribution in [2.45, 2.75) is 25.7 Å². The van der Waals surface area contributed by atoms with Gasteiger partial charge in [-0.3, -0.25) is 4.79 Å². The zero-order chi connectivity index (χ0) is 18.4. The lowest BCUT2D eigenvalue weighted by atomic mass is 10.0. The molecule has 0 spiro atoms. The van der Waals surface area contributed by atoms with E-state index < -0.39 is 15.9 Å². The Morgan fingerprint density at radius 1 is 1.08 bits per heavy atom. The van der Waals surface area contributed by atoms with Gasteiger partial charge in [-0.05, 0) is 44.0 Å². The van der Waals surface area contributed by atoms with Gasteiger partial charge in [0.05, 0.1) is 17.7 Å². The van der Waals surface area contributed by atoms with Crippen LogP contribution in [0.4, 0.5) is 0 Å². The molecule has 0 unspecified atom stereocenters. The van der Waals surface area contributed by atoms with Crippen molar-refractivity contribution in [3.8, 4) is 0 Å². The fraction of sp³-hybridized carbons (Fsp3) is 0.222. The van der Waals surface area contributed by atoms with Gasteiger partial charge in [0.1, 0.15) is 0 Å². The summed E-state index contributed by atoms with van der Waals surface area (Å²) in [4.78, 5) is 11.9. The molecule has 2 N–H and O–H groups in total. The SMILES string of the molecule is Cc1cc(C)c(/C=N\NC(=O)CNS(=O)(=O)c2ccccc2)c(C)c1. The van der Waals surface area contributed by atoms with Crippen molar-refractivity contribution in [3.63, 3.8) is 0 Å². The Labute approximate surface area is 148 Å². The van der Waals surface area contributed by atoms with Crippen LogP contribution in [0.5, 0.6) is 0 Å². The molecule has 2 rings (SSSR count). The first-order valence-corrected chi connectivity index (χ1v) is 9.22. The first-order chi connectivity index (χ1) is 11.8. The van der Waals surface area contributed by atoms with Crippen molar-refractivity contribution >= 4 is 22.1 Å². The number of sulfonamides is 1. The van der Waals surface area contributed by atoms with Crippen LogP contribution in [-0.4, -0.2) is 27.1 Å². The Morgan fingerprint density at radius 2 is 1.68 bits per heavy atom. The third-order valence-corrected chi connectivity index (χ3v) is 5.01. The van der Waals surface area contributed by atoms with Crippen LogP contribution in [-0.2, 0) is 14.8 Å². The number of nitrogens with zero attached hydrogens (tertiary/aromatic N) is 1. The number of rotatable bonds is 6. The maximum atomic E-state index is 12.0. The zero-order valence-corrected chi connectivity index (χ0v) is 15.2. The molecule has 0 heterocycles. The molecule has 1 amide bonds. The second-order valence-corrected chi connectivity index (χ2v) is 7.51. The van der Waals surface area contributed by atoms with Crippen molar-refractivity contribution in [2.24, 2.45) is 5.10 Å². The Hall–Kier alpha value is -2.51. The number of amides is 1. The molecule has 2 aromatic rings. The molecular formula is C18H21N3O3S. The third kappa shape index (κ3) is 5.23. The van der Waals surface area contributed by atoms with E-state index in [1.54, 1.807) is 24.4 Å². The van der Waals surface area contributed by atoms with Crippen LogP contribution < -0.4 is 10.1 Å². The summed E-state index contributed by atoms with van der Waals surface area (Å²) in [6.07, 6.45) is 1.56. The second-order valence-electron chi connectivity index (χ2n) is 5.74. The number of hydrogen-bond acceptors (Lipinski definition) is 4. The van der Waals surface area contributed by atoms with E-state index >= 15 is 0 Å². The van der Waals surface area contributed by atoms with Gasteiger partial charge in [0.25, 0.3) is 5.91 Å². The Kier molecular flexibility index (Phi) is 6.06. The minimum absolute atomic E-state index is 0.109. The normalized spacial score (nSPS) is 11.6. The molecule has 0 aliphatic carbocycles. The third-order valence-electron chi connectivity index (χ3n) is 3.60. The molecule has 0 aliphatic rings. The lowest BCUT2D eigenvalue weighted by molar-refractivity contribution is -0.119. The van der Waals surface area contributed by atoms with Gasteiger partial charge in [-0.25, -0.2) is 18.6 Å². The van der Waals surface area contributed by atoms with E-state index in [0.717, 1.165) is 22.3 Å². The number of carbonyl (C=O) groups excluding carboxylic acids is 1. The number of benzene rings is 2. The largest absolute Gasteiger partial charge is 0.272 e. The fourth-order valence-corrected chi connectivity index (χ4v) is 3.45. The van der Waals surface area contributed by atoms with Crippen LogP contribution in [0, 0.1) is 20.8 Å². The van der Waals surface area contributed by atoms with E-state index in [-0.39, 0.29) is 11.4 Å². The summed E-state index contributed by atoms with van der Waals surface area (Å²) in [5.41, 5.74) is 6.52. The van der Waals surface area contributed by atoms with Crippen molar-refractivity contribution < 1.29 is 13.2 Å². The number of hydrogen-bond donors (Lipinski definition) is 2. The Bertz CT molecular complexity index is 868. The van der Waals surface area contributed by atoms with Crippen LogP contribution in [0.1, 0.15) is 22.3 Å². The molecule has 25 heavy (non-hydrogen) atoms. The first kappa shape index (κ1) is 18.8. The van der Waals surface area contributed by atoms with E-state index in [2.05, 4.69) is 15.2 Å². The monoisotopic (exact) mass is 359 g/mol. The second kappa shape index (κ2) is 8.04. The van der Waals surface area contributed by atoms with Gasteiger partial charge in [0, 0.05) is 5.56 Å². The van der Waals surface area contributed by atoms with Crippen LogP contribution in [0.3, 0.4) is 0 Å². The average molecular weight is 359 g/mol. The molecule has 2 aromatic carbocycles. The lowest BCUT2D eigenvalue weighted by Gasteiger charge is -2.07. The van der Waals surface area contributed by atoms with Crippen LogP contribution in [0.25, 0.3) is 0 Å². The van der Waals surface area contributed by atoms with Crippen LogP contribution >= 0.6 is 0 Å². The highest BCUT2D eigenvalue weighted by atomic mass is 32.2. The fourth-order valence-electron chi connectivity index (χ4n) is 2.45. The summed E-state index contributed by atoms with van der Waals surface area (Å²) >= 11 is 0. The van der Waals surface area contributed by atoms with E-state index in [4.69, 9.17) is 0 Å².